The molecule has 1 saturated heterocycles. The first-order chi connectivity index (χ1) is 12.5. The molecular formula is C17H21ClN4O3S. The monoisotopic (exact) mass is 396 g/mol. The van der Waals surface area contributed by atoms with E-state index >= 15 is 0 Å². The van der Waals surface area contributed by atoms with E-state index in [1.54, 1.807) is 6.07 Å². The first kappa shape index (κ1) is 19.0. The summed E-state index contributed by atoms with van der Waals surface area (Å²) in [4.78, 5) is 24.2. The summed E-state index contributed by atoms with van der Waals surface area (Å²) in [6.45, 7) is 3.08. The zero-order chi connectivity index (χ0) is 18.5. The molecule has 9 heteroatoms. The predicted molar refractivity (Wildman–Crippen MR) is 101 cm³/mol. The number of nitrogens with one attached hydrogen (secondary N) is 2. The average Bonchev–Trinajstić information content (AvgIpc) is 3.24. The van der Waals surface area contributed by atoms with Gasteiger partial charge in [0.25, 0.3) is 0 Å². The van der Waals surface area contributed by atoms with Crippen molar-refractivity contribution in [1.82, 2.24) is 20.1 Å². The molecule has 7 nitrogen and oxygen atoms in total. The topological polar surface area (TPSA) is 89.0 Å². The summed E-state index contributed by atoms with van der Waals surface area (Å²) < 4.78 is 7.11. The standard InChI is InChI=1S/C17H21ClN4O3S/c1-11(12-4-2-5-13(18)8-12)19-15(23)10-26-17-21-20-16(24)22(17)9-14-6-3-7-25-14/h2,4-5,8,11,14H,3,6-7,9-10H2,1H3,(H,19,23)(H,20,24)/t11-,14-/m0/s1. The molecule has 1 amide bonds. The summed E-state index contributed by atoms with van der Waals surface area (Å²) in [6, 6.07) is 7.22. The predicted octanol–water partition coefficient (Wildman–Crippen LogP) is 2.37. The van der Waals surface area contributed by atoms with Crippen LogP contribution < -0.4 is 11.0 Å². The smallest absolute Gasteiger partial charge is 0.344 e. The van der Waals surface area contributed by atoms with Crippen LogP contribution in [0.3, 0.4) is 0 Å². The van der Waals surface area contributed by atoms with Crippen molar-refractivity contribution in [2.24, 2.45) is 0 Å². The number of aromatic amines is 1. The zero-order valence-electron chi connectivity index (χ0n) is 14.4. The average molecular weight is 397 g/mol. The van der Waals surface area contributed by atoms with Crippen LogP contribution in [0.15, 0.2) is 34.2 Å². The number of hydrogen-bond acceptors (Lipinski definition) is 5. The van der Waals surface area contributed by atoms with Crippen LogP contribution >= 0.6 is 23.4 Å². The number of hydrogen-bond donors (Lipinski definition) is 2. The van der Waals surface area contributed by atoms with Gasteiger partial charge in [0.15, 0.2) is 5.16 Å². The molecule has 0 radical (unpaired) electrons. The summed E-state index contributed by atoms with van der Waals surface area (Å²) in [5.41, 5.74) is 0.654. The minimum absolute atomic E-state index is 0.0290. The normalized spacial score (nSPS) is 18.0. The number of thioether (sulfide) groups is 1. The number of amides is 1. The highest BCUT2D eigenvalue weighted by atomic mass is 35.5. The minimum Gasteiger partial charge on any atom is -0.376 e. The highest BCUT2D eigenvalue weighted by molar-refractivity contribution is 7.99. The van der Waals surface area contributed by atoms with Gasteiger partial charge in [-0.05, 0) is 37.5 Å². The Morgan fingerprint density at radius 1 is 1.58 bits per heavy atom. The van der Waals surface area contributed by atoms with E-state index in [0.29, 0.717) is 16.7 Å². The molecule has 0 bridgehead atoms. The van der Waals surface area contributed by atoms with Crippen LogP contribution in [0, 0.1) is 0 Å². The minimum atomic E-state index is -0.282. The Hall–Kier alpha value is -1.77. The van der Waals surface area contributed by atoms with Gasteiger partial charge in [-0.15, -0.1) is 5.10 Å². The van der Waals surface area contributed by atoms with Crippen molar-refractivity contribution in [3.05, 3.63) is 45.3 Å². The number of ether oxygens (including phenoxy) is 1. The van der Waals surface area contributed by atoms with E-state index in [1.807, 2.05) is 25.1 Å². The van der Waals surface area contributed by atoms with Gasteiger partial charge in [-0.25, -0.2) is 9.89 Å². The molecule has 0 saturated carbocycles. The molecule has 0 spiro atoms. The fourth-order valence-corrected chi connectivity index (χ4v) is 3.80. The Morgan fingerprint density at radius 3 is 3.15 bits per heavy atom. The first-order valence-corrected chi connectivity index (χ1v) is 9.83. The fraction of sp³-hybridized carbons (Fsp3) is 0.471. The van der Waals surface area contributed by atoms with Gasteiger partial charge in [-0.3, -0.25) is 9.36 Å². The molecule has 140 valence electrons. The largest absolute Gasteiger partial charge is 0.376 e. The van der Waals surface area contributed by atoms with E-state index in [9.17, 15) is 9.59 Å². The van der Waals surface area contributed by atoms with Crippen LogP contribution in [0.2, 0.25) is 5.02 Å². The fourth-order valence-electron chi connectivity index (χ4n) is 2.84. The second-order valence-electron chi connectivity index (χ2n) is 6.19. The molecule has 0 unspecified atom stereocenters. The Bertz CT molecular complexity index is 816. The summed E-state index contributed by atoms with van der Waals surface area (Å²) in [6.07, 6.45) is 1.96. The number of benzene rings is 1. The van der Waals surface area contributed by atoms with Gasteiger partial charge in [0.1, 0.15) is 0 Å². The third-order valence-electron chi connectivity index (χ3n) is 4.19. The Balaban J connectivity index is 1.55. The molecule has 2 N–H and O–H groups in total. The van der Waals surface area contributed by atoms with Gasteiger partial charge in [-0.2, -0.15) is 0 Å². The number of rotatable bonds is 7. The van der Waals surface area contributed by atoms with Crippen LogP contribution in [0.1, 0.15) is 31.4 Å². The van der Waals surface area contributed by atoms with E-state index in [2.05, 4.69) is 15.5 Å². The number of carbonyl (C=O) groups excluding carboxylic acids is 1. The molecule has 2 heterocycles. The van der Waals surface area contributed by atoms with Crippen molar-refractivity contribution in [1.29, 1.82) is 0 Å². The Morgan fingerprint density at radius 2 is 2.42 bits per heavy atom. The van der Waals surface area contributed by atoms with E-state index in [-0.39, 0.29) is 29.5 Å². The van der Waals surface area contributed by atoms with Crippen LogP contribution in [0.4, 0.5) is 0 Å². The quantitative estimate of drug-likeness (QED) is 0.701. The third-order valence-corrected chi connectivity index (χ3v) is 5.40. The van der Waals surface area contributed by atoms with Crippen LogP contribution in [0.5, 0.6) is 0 Å². The molecule has 1 aliphatic rings. The van der Waals surface area contributed by atoms with E-state index in [0.717, 1.165) is 25.0 Å². The first-order valence-electron chi connectivity index (χ1n) is 8.47. The van der Waals surface area contributed by atoms with Crippen molar-refractivity contribution in [3.63, 3.8) is 0 Å². The van der Waals surface area contributed by atoms with Crippen LogP contribution in [-0.2, 0) is 16.1 Å². The van der Waals surface area contributed by atoms with Gasteiger partial charge in [0.2, 0.25) is 5.91 Å². The lowest BCUT2D eigenvalue weighted by molar-refractivity contribution is -0.119. The van der Waals surface area contributed by atoms with Crippen molar-refractivity contribution < 1.29 is 9.53 Å². The molecule has 1 aromatic carbocycles. The highest BCUT2D eigenvalue weighted by Gasteiger charge is 2.20. The number of aromatic nitrogens is 3. The molecule has 1 fully saturated rings. The molecule has 1 aromatic heterocycles. The molecule has 2 atom stereocenters. The number of H-pyrrole nitrogens is 1. The summed E-state index contributed by atoms with van der Waals surface area (Å²) in [7, 11) is 0. The molecular weight excluding hydrogens is 376 g/mol. The van der Waals surface area contributed by atoms with E-state index in [4.69, 9.17) is 16.3 Å². The van der Waals surface area contributed by atoms with Crippen molar-refractivity contribution in [2.75, 3.05) is 12.4 Å². The van der Waals surface area contributed by atoms with Gasteiger partial charge in [-0.1, -0.05) is 35.5 Å². The molecule has 2 aromatic rings. The van der Waals surface area contributed by atoms with Gasteiger partial charge in [0.05, 0.1) is 24.4 Å². The van der Waals surface area contributed by atoms with Gasteiger partial charge >= 0.3 is 5.69 Å². The van der Waals surface area contributed by atoms with Crippen molar-refractivity contribution in [3.8, 4) is 0 Å². The van der Waals surface area contributed by atoms with Crippen LogP contribution in [-0.4, -0.2) is 39.1 Å². The summed E-state index contributed by atoms with van der Waals surface area (Å²) in [5, 5.41) is 10.5. The summed E-state index contributed by atoms with van der Waals surface area (Å²) in [5.74, 6) is 0.0300. The molecule has 26 heavy (non-hydrogen) atoms. The van der Waals surface area contributed by atoms with E-state index < -0.39 is 0 Å². The number of carbonyl (C=O) groups is 1. The Labute approximate surface area is 160 Å². The lowest BCUT2D eigenvalue weighted by Gasteiger charge is -2.15. The number of nitrogens with zero attached hydrogens (tertiary/aromatic N) is 2. The molecule has 3 rings (SSSR count). The van der Waals surface area contributed by atoms with Crippen molar-refractivity contribution >= 4 is 29.3 Å². The maximum absolute atomic E-state index is 12.2. The second kappa shape index (κ2) is 8.75. The van der Waals surface area contributed by atoms with E-state index in [1.165, 1.54) is 16.3 Å². The van der Waals surface area contributed by atoms with Crippen LogP contribution in [0.25, 0.3) is 0 Å². The lowest BCUT2D eigenvalue weighted by Crippen LogP contribution is -2.29. The third kappa shape index (κ3) is 4.90. The molecule has 1 aliphatic heterocycles. The summed E-state index contributed by atoms with van der Waals surface area (Å²) >= 11 is 7.21. The maximum atomic E-state index is 12.2. The molecule has 0 aliphatic carbocycles. The second-order valence-corrected chi connectivity index (χ2v) is 7.57. The van der Waals surface area contributed by atoms with Gasteiger partial charge < -0.3 is 10.1 Å². The van der Waals surface area contributed by atoms with Gasteiger partial charge in [0, 0.05) is 11.6 Å². The SMILES string of the molecule is C[C@H](NC(=O)CSc1n[nH]c(=O)n1C[C@@H]1CCCO1)c1cccc(Cl)c1. The zero-order valence-corrected chi connectivity index (χ0v) is 16.0. The number of halogens is 1. The maximum Gasteiger partial charge on any atom is 0.344 e. The van der Waals surface area contributed by atoms with Crippen molar-refractivity contribution in [2.45, 2.75) is 43.6 Å². The Kier molecular flexibility index (Phi) is 6.39. The highest BCUT2D eigenvalue weighted by Crippen LogP contribution is 2.20. The lowest BCUT2D eigenvalue weighted by atomic mass is 10.1.